The van der Waals surface area contributed by atoms with Gasteiger partial charge in [0.2, 0.25) is 0 Å². The van der Waals surface area contributed by atoms with E-state index in [-0.39, 0.29) is 0 Å². The van der Waals surface area contributed by atoms with Crippen LogP contribution in [0.15, 0.2) is 42.7 Å². The average molecular weight is 188 g/mol. The largest absolute Gasteiger partial charge is 0.344 e. The van der Waals surface area contributed by atoms with Gasteiger partial charge in [-0.2, -0.15) is 0 Å². The lowest BCUT2D eigenvalue weighted by Gasteiger charge is -1.99. The monoisotopic (exact) mass is 188 g/mol. The van der Waals surface area contributed by atoms with Crippen LogP contribution in [0.2, 0.25) is 0 Å². The molecule has 1 N–H and O–H groups in total. The van der Waals surface area contributed by atoms with E-state index in [2.05, 4.69) is 9.97 Å². The molecule has 13 heavy (non-hydrogen) atoms. The Kier molecular flexibility index (Phi) is 2.19. The molecular formula is C10H8N2S. The highest BCUT2D eigenvalue weighted by Gasteiger charge is 1.94. The lowest BCUT2D eigenvalue weighted by Crippen LogP contribution is -1.84. The molecule has 2 aromatic rings. The molecule has 0 atom stereocenters. The lowest BCUT2D eigenvalue weighted by atomic mass is 10.2. The third-order valence-corrected chi connectivity index (χ3v) is 1.95. The molecule has 2 rings (SSSR count). The summed E-state index contributed by atoms with van der Waals surface area (Å²) < 4.78 is 0.654. The van der Waals surface area contributed by atoms with Crippen molar-refractivity contribution in [1.29, 1.82) is 0 Å². The van der Waals surface area contributed by atoms with Crippen LogP contribution >= 0.6 is 12.2 Å². The van der Waals surface area contributed by atoms with Crippen LogP contribution in [0.5, 0.6) is 0 Å². The molecule has 0 amide bonds. The Bertz CT molecular complexity index is 448. The summed E-state index contributed by atoms with van der Waals surface area (Å²) in [5, 5.41) is 0. The van der Waals surface area contributed by atoms with E-state index in [4.69, 9.17) is 12.2 Å². The summed E-state index contributed by atoms with van der Waals surface area (Å²) in [7, 11) is 0. The molecule has 0 aliphatic carbocycles. The first-order chi connectivity index (χ1) is 6.36. The van der Waals surface area contributed by atoms with Crippen LogP contribution in [0, 0.1) is 4.64 Å². The summed E-state index contributed by atoms with van der Waals surface area (Å²) in [6, 6.07) is 9.98. The van der Waals surface area contributed by atoms with Crippen molar-refractivity contribution in [3.8, 4) is 11.3 Å². The van der Waals surface area contributed by atoms with Gasteiger partial charge in [0.05, 0.1) is 18.1 Å². The van der Waals surface area contributed by atoms with Crippen molar-refractivity contribution in [2.45, 2.75) is 0 Å². The number of H-pyrrole nitrogens is 1. The van der Waals surface area contributed by atoms with Crippen LogP contribution in [0.4, 0.5) is 0 Å². The Labute approximate surface area is 81.3 Å². The van der Waals surface area contributed by atoms with E-state index in [1.165, 1.54) is 0 Å². The highest BCUT2D eigenvalue weighted by atomic mass is 32.1. The summed E-state index contributed by atoms with van der Waals surface area (Å²) in [6.45, 7) is 0. The van der Waals surface area contributed by atoms with Crippen LogP contribution < -0.4 is 0 Å². The van der Waals surface area contributed by atoms with Crippen LogP contribution in [0.25, 0.3) is 11.3 Å². The summed E-state index contributed by atoms with van der Waals surface area (Å²) >= 11 is 4.98. The first-order valence-electron chi connectivity index (χ1n) is 3.96. The van der Waals surface area contributed by atoms with E-state index >= 15 is 0 Å². The summed E-state index contributed by atoms with van der Waals surface area (Å²) in [6.07, 6.45) is 3.40. The average Bonchev–Trinajstić information content (AvgIpc) is 2.19. The van der Waals surface area contributed by atoms with Gasteiger partial charge >= 0.3 is 0 Å². The zero-order valence-electron chi connectivity index (χ0n) is 6.90. The van der Waals surface area contributed by atoms with E-state index in [1.807, 2.05) is 30.3 Å². The van der Waals surface area contributed by atoms with Gasteiger partial charge in [-0.25, -0.2) is 0 Å². The van der Waals surface area contributed by atoms with Crippen molar-refractivity contribution < 1.29 is 0 Å². The molecule has 64 valence electrons. The topological polar surface area (TPSA) is 28.7 Å². The first-order valence-corrected chi connectivity index (χ1v) is 4.37. The van der Waals surface area contributed by atoms with Crippen LogP contribution in [0.1, 0.15) is 0 Å². The van der Waals surface area contributed by atoms with Crippen molar-refractivity contribution in [3.05, 3.63) is 47.4 Å². The molecule has 0 aliphatic rings. The fraction of sp³-hybridized carbons (Fsp3) is 0. The summed E-state index contributed by atoms with van der Waals surface area (Å²) in [5.41, 5.74) is 2.05. The van der Waals surface area contributed by atoms with E-state index in [9.17, 15) is 0 Å². The molecule has 0 spiro atoms. The molecule has 0 fully saturated rings. The number of hydrogen-bond donors (Lipinski definition) is 1. The highest BCUT2D eigenvalue weighted by Crippen LogP contribution is 2.13. The molecule has 0 saturated heterocycles. The third-order valence-electron chi connectivity index (χ3n) is 1.74. The second-order valence-corrected chi connectivity index (χ2v) is 3.12. The van der Waals surface area contributed by atoms with E-state index in [1.54, 1.807) is 12.4 Å². The number of nitrogens with zero attached hydrogens (tertiary/aromatic N) is 1. The Morgan fingerprint density at radius 3 is 2.54 bits per heavy atom. The standard InChI is InChI=1S/C10H8N2S/c13-10-7-11-6-9(12-10)8-4-2-1-3-5-8/h1-7H,(H,12,13). The van der Waals surface area contributed by atoms with Gasteiger partial charge in [0, 0.05) is 0 Å². The van der Waals surface area contributed by atoms with E-state index < -0.39 is 0 Å². The maximum atomic E-state index is 4.98. The number of benzene rings is 1. The second kappa shape index (κ2) is 3.49. The van der Waals surface area contributed by atoms with Crippen molar-refractivity contribution in [3.63, 3.8) is 0 Å². The third kappa shape index (κ3) is 1.81. The van der Waals surface area contributed by atoms with Gasteiger partial charge in [-0.05, 0) is 5.56 Å². The minimum Gasteiger partial charge on any atom is -0.344 e. The Morgan fingerprint density at radius 1 is 1.08 bits per heavy atom. The van der Waals surface area contributed by atoms with Crippen LogP contribution in [-0.2, 0) is 0 Å². The smallest absolute Gasteiger partial charge is 0.122 e. The molecule has 1 heterocycles. The minimum absolute atomic E-state index is 0.654. The second-order valence-electron chi connectivity index (χ2n) is 2.68. The van der Waals surface area contributed by atoms with E-state index in [0.717, 1.165) is 11.3 Å². The van der Waals surface area contributed by atoms with Gasteiger partial charge in [0.25, 0.3) is 0 Å². The molecule has 0 bridgehead atoms. The van der Waals surface area contributed by atoms with Gasteiger partial charge in [0.1, 0.15) is 4.64 Å². The predicted octanol–water partition coefficient (Wildman–Crippen LogP) is 2.81. The van der Waals surface area contributed by atoms with Crippen LogP contribution in [-0.4, -0.2) is 9.97 Å². The minimum atomic E-state index is 0.654. The summed E-state index contributed by atoms with van der Waals surface area (Å²) in [4.78, 5) is 7.10. The first kappa shape index (κ1) is 8.13. The van der Waals surface area contributed by atoms with Gasteiger partial charge in [-0.3, -0.25) is 4.98 Å². The van der Waals surface area contributed by atoms with Gasteiger partial charge in [0.15, 0.2) is 0 Å². The maximum Gasteiger partial charge on any atom is 0.122 e. The maximum absolute atomic E-state index is 4.98. The fourth-order valence-electron chi connectivity index (χ4n) is 1.14. The van der Waals surface area contributed by atoms with Crippen molar-refractivity contribution in [2.24, 2.45) is 0 Å². The van der Waals surface area contributed by atoms with Gasteiger partial charge < -0.3 is 4.98 Å². The van der Waals surface area contributed by atoms with Gasteiger partial charge in [-0.1, -0.05) is 42.5 Å². The molecule has 1 aromatic heterocycles. The number of hydrogen-bond acceptors (Lipinski definition) is 2. The zero-order chi connectivity index (χ0) is 9.10. The molecular weight excluding hydrogens is 180 g/mol. The van der Waals surface area contributed by atoms with Gasteiger partial charge in [-0.15, -0.1) is 0 Å². The highest BCUT2D eigenvalue weighted by molar-refractivity contribution is 7.71. The van der Waals surface area contributed by atoms with Crippen molar-refractivity contribution >= 4 is 12.2 Å². The molecule has 0 unspecified atom stereocenters. The van der Waals surface area contributed by atoms with Crippen molar-refractivity contribution in [1.82, 2.24) is 9.97 Å². The normalized spacial score (nSPS) is 9.85. The molecule has 0 aliphatic heterocycles. The zero-order valence-corrected chi connectivity index (χ0v) is 7.71. The molecule has 0 saturated carbocycles. The Morgan fingerprint density at radius 2 is 1.85 bits per heavy atom. The summed E-state index contributed by atoms with van der Waals surface area (Å²) in [5.74, 6) is 0. The number of aromatic amines is 1. The lowest BCUT2D eigenvalue weighted by molar-refractivity contribution is 1.18. The Balaban J connectivity index is 2.54. The number of nitrogens with one attached hydrogen (secondary N) is 1. The van der Waals surface area contributed by atoms with Crippen molar-refractivity contribution in [2.75, 3.05) is 0 Å². The van der Waals surface area contributed by atoms with E-state index in [0.29, 0.717) is 4.64 Å². The molecule has 3 heteroatoms. The molecule has 1 aromatic carbocycles. The number of aromatic nitrogens is 2. The predicted molar refractivity (Wildman–Crippen MR) is 54.9 cm³/mol. The molecule has 2 nitrogen and oxygen atoms in total. The number of rotatable bonds is 1. The SMILES string of the molecule is S=c1cncc(-c2ccccc2)[nH]1. The molecule has 0 radical (unpaired) electrons. The van der Waals surface area contributed by atoms with Crippen LogP contribution in [0.3, 0.4) is 0 Å². The fourth-order valence-corrected chi connectivity index (χ4v) is 1.31. The Hall–Kier alpha value is -1.48. The quantitative estimate of drug-likeness (QED) is 0.697.